The van der Waals surface area contributed by atoms with Crippen LogP contribution in [0.5, 0.6) is 0 Å². The summed E-state index contributed by atoms with van der Waals surface area (Å²) < 4.78 is 0. The number of ketones is 14. The number of hydrogen-bond acceptors (Lipinski definition) is 18. The average Bonchev–Trinajstić information content (AvgIpc) is 0.949. The Morgan fingerprint density at radius 2 is 0.681 bits per heavy atom. The van der Waals surface area contributed by atoms with E-state index in [1.54, 1.807) is 122 Å². The van der Waals surface area contributed by atoms with Crippen molar-refractivity contribution in [3.8, 4) is 0 Å². The Balaban J connectivity index is -0.0000000729. The van der Waals surface area contributed by atoms with Crippen LogP contribution >= 0.6 is 0 Å². The molecule has 0 bridgehead atoms. The second kappa shape index (κ2) is 92.1. The summed E-state index contributed by atoms with van der Waals surface area (Å²) in [5, 5.41) is 8.23. The standard InChI is InChI=1S/C8H15NO2.2C8H14O.C8H16O.C7H15NO.C7H14O.2C7H12O.C7H14O.C7H12O.C6H12O.C6H10O.C5H11NO2.C5H10O.CH4/c1-5(2)8(11)4-7(9)6(3)10;2*1-6(2)5-7(3)8(4)9;1-7(2)5-4-6-8(3)9;1-5(2)4-7(8)6(3)9;3*1-6(2)4-5-7(3)8;2*1-5(2)6(3)7(4)8;2*1-5(2)4-6(3)7;1-3(2)4(6)5(7)8;1-4(2)5(3)6;/h5,7H,4,9H2,1-3H3;2*5-6H,1-4H3;7H,4-6H2,1-3H3;5,7H,4,8H2,1-3H3;6H,4-5H2,1-3H3;2*4-6H,1-3H3;5-6H,1-4H3;1-4H3;5H,4H2,1-3H3;4H,1-3H3;3-4H,6H2,1-2H3,(H,7,8);4H,1-3H3;1H4/b;7-5+;7-5-;;;;2*5-4+;;;;;;;. The minimum absolute atomic E-state index is 0. The normalized spacial score (nSPS) is 11.3. The molecule has 0 aliphatic heterocycles. The van der Waals surface area contributed by atoms with Crippen molar-refractivity contribution in [2.24, 2.45) is 94.1 Å². The maximum Gasteiger partial charge on any atom is 0.320 e. The number of Topliss-reactive ketones (excluding diaryl/α,β-unsaturated/α-hetero) is 11. The summed E-state index contributed by atoms with van der Waals surface area (Å²) in [5.41, 5.74) is 20.8. The van der Waals surface area contributed by atoms with Gasteiger partial charge in [-0.05, 0) is 252 Å². The van der Waals surface area contributed by atoms with Crippen LogP contribution in [0.15, 0.2) is 70.4 Å². The van der Waals surface area contributed by atoms with E-state index < -0.39 is 18.1 Å². The van der Waals surface area contributed by atoms with Crippen LogP contribution in [-0.4, -0.2) is 110 Å². The number of allylic oxidation sites excluding steroid dienone is 12. The number of carbonyl (C=O) groups is 15. The van der Waals surface area contributed by atoms with Crippen molar-refractivity contribution in [1.29, 1.82) is 0 Å². The average molecular weight is 1650 g/mol. The first-order chi connectivity index (χ1) is 51.6. The number of hydrogen-bond donors (Lipinski definition) is 4. The van der Waals surface area contributed by atoms with Gasteiger partial charge in [-0.25, -0.2) is 0 Å². The van der Waals surface area contributed by atoms with E-state index in [9.17, 15) is 71.9 Å². The van der Waals surface area contributed by atoms with Crippen molar-refractivity contribution in [2.75, 3.05) is 0 Å². The molecule has 0 fully saturated rings. The monoisotopic (exact) mass is 1650 g/mol. The Morgan fingerprint density at radius 1 is 0.345 bits per heavy atom. The van der Waals surface area contributed by atoms with Crippen LogP contribution in [0.4, 0.5) is 0 Å². The van der Waals surface area contributed by atoms with E-state index >= 15 is 0 Å². The molecule has 0 aromatic heterocycles. The first-order valence-corrected chi connectivity index (χ1v) is 41.2. The molecule has 0 saturated heterocycles. The van der Waals surface area contributed by atoms with Crippen molar-refractivity contribution in [3.05, 3.63) is 70.4 Å². The summed E-state index contributed by atoms with van der Waals surface area (Å²) in [6, 6.07) is -1.56. The number of nitrogens with two attached hydrogens (primary N) is 3. The lowest BCUT2D eigenvalue weighted by atomic mass is 9.95. The van der Waals surface area contributed by atoms with E-state index in [4.69, 9.17) is 22.3 Å². The topological polar surface area (TPSA) is 354 Å². The molecule has 0 aliphatic rings. The Morgan fingerprint density at radius 3 is 0.767 bits per heavy atom. The van der Waals surface area contributed by atoms with Crippen LogP contribution in [-0.2, 0) is 71.9 Å². The maximum atomic E-state index is 11.0. The zero-order chi connectivity index (χ0) is 95.4. The summed E-state index contributed by atoms with van der Waals surface area (Å²) in [5.74, 6) is 6.73. The molecule has 0 aromatic rings. The molecule has 7 N–H and O–H groups in total. The van der Waals surface area contributed by atoms with E-state index in [1.165, 1.54) is 20.3 Å². The SMILES string of the molecule is C.CC(=O)/C(C)=C/C(C)C.CC(=O)/C(C)=C\C(C)C.CC(=O)/C=C/C(C)C.CC(=O)/C=C/C(C)C.CC(=O)C(C)=C(C)C.CC(=O)C(C)C.CC(=O)C(C)C(C)C.CC(=O)C(N)CC(=O)C(C)C.CC(=O)C(N)CC(C)C.CC(=O)C=C(C)C.CC(=O)CC(C)C.CC(=O)CCC(C)C.CC(=O)CCCC(C)C.CC(C)C(N)C(=O)O. The van der Waals surface area contributed by atoms with Gasteiger partial charge < -0.3 is 36.7 Å². The first kappa shape index (κ1) is 144. The Kier molecular flexibility index (Phi) is 114. The van der Waals surface area contributed by atoms with Crippen molar-refractivity contribution in [1.82, 2.24) is 0 Å². The molecule has 684 valence electrons. The van der Waals surface area contributed by atoms with Crippen LogP contribution in [0.1, 0.15) is 370 Å². The third-order valence-electron chi connectivity index (χ3n) is 14.9. The molecule has 0 saturated carbocycles. The number of aliphatic carboxylic acids is 1. The summed E-state index contributed by atoms with van der Waals surface area (Å²) in [6.07, 6.45) is 19.0. The highest BCUT2D eigenvalue weighted by atomic mass is 16.4. The van der Waals surface area contributed by atoms with Gasteiger partial charge in [0.2, 0.25) is 0 Å². The molecule has 0 amide bonds. The zero-order valence-electron chi connectivity index (χ0n) is 82.2. The second-order valence-electron chi connectivity index (χ2n) is 34.1. The van der Waals surface area contributed by atoms with Gasteiger partial charge in [-0.15, -0.1) is 0 Å². The quantitative estimate of drug-likeness (QED) is 0.0468. The molecule has 0 aromatic carbocycles. The van der Waals surface area contributed by atoms with Crippen LogP contribution in [0.3, 0.4) is 0 Å². The van der Waals surface area contributed by atoms with Gasteiger partial charge in [0, 0.05) is 43.4 Å². The van der Waals surface area contributed by atoms with Crippen molar-refractivity contribution in [2.45, 2.75) is 388 Å². The Labute approximate surface area is 713 Å². The van der Waals surface area contributed by atoms with Gasteiger partial charge in [-0.1, -0.05) is 222 Å². The lowest BCUT2D eigenvalue weighted by molar-refractivity contribution is -0.139. The van der Waals surface area contributed by atoms with Gasteiger partial charge in [-0.3, -0.25) is 57.5 Å². The van der Waals surface area contributed by atoms with Crippen LogP contribution in [0.2, 0.25) is 0 Å². The molecule has 4 atom stereocenters. The van der Waals surface area contributed by atoms with E-state index in [-0.39, 0.29) is 107 Å². The molecule has 19 nitrogen and oxygen atoms in total. The first-order valence-electron chi connectivity index (χ1n) is 41.2. The highest BCUT2D eigenvalue weighted by Crippen LogP contribution is 2.11. The summed E-state index contributed by atoms with van der Waals surface area (Å²) >= 11 is 0. The van der Waals surface area contributed by atoms with Crippen molar-refractivity contribution < 1.29 is 77.0 Å². The number of rotatable bonds is 31. The molecule has 0 spiro atoms. The molecule has 0 rings (SSSR count). The van der Waals surface area contributed by atoms with Crippen LogP contribution in [0.25, 0.3) is 0 Å². The van der Waals surface area contributed by atoms with Crippen LogP contribution < -0.4 is 17.2 Å². The van der Waals surface area contributed by atoms with E-state index in [0.29, 0.717) is 64.7 Å². The summed E-state index contributed by atoms with van der Waals surface area (Å²) in [7, 11) is 0. The highest BCUT2D eigenvalue weighted by Gasteiger charge is 2.16. The zero-order valence-corrected chi connectivity index (χ0v) is 82.2. The van der Waals surface area contributed by atoms with Gasteiger partial charge in [0.15, 0.2) is 34.7 Å². The predicted octanol–water partition coefficient (Wildman–Crippen LogP) is 22.7. The Hall–Kier alpha value is -6.83. The minimum atomic E-state index is -0.931. The van der Waals surface area contributed by atoms with E-state index in [1.807, 2.05) is 135 Å². The van der Waals surface area contributed by atoms with Gasteiger partial charge >= 0.3 is 5.97 Å². The van der Waals surface area contributed by atoms with E-state index in [2.05, 4.69) is 83.1 Å². The Bertz CT molecular complexity index is 2770. The van der Waals surface area contributed by atoms with Gasteiger partial charge in [0.25, 0.3) is 0 Å². The van der Waals surface area contributed by atoms with Crippen molar-refractivity contribution >= 4 is 86.9 Å². The molecular formula is C97H185N3O16. The van der Waals surface area contributed by atoms with Gasteiger partial charge in [-0.2, -0.15) is 0 Å². The largest absolute Gasteiger partial charge is 0.480 e. The minimum Gasteiger partial charge on any atom is -0.480 e. The maximum absolute atomic E-state index is 11.0. The smallest absolute Gasteiger partial charge is 0.320 e. The second-order valence-corrected chi connectivity index (χ2v) is 34.1. The fourth-order valence-corrected chi connectivity index (χ4v) is 6.50. The number of carbonyl (C=O) groups excluding carboxylic acids is 14. The molecule has 0 heterocycles. The van der Waals surface area contributed by atoms with Gasteiger partial charge in [0.1, 0.15) is 52.3 Å². The lowest BCUT2D eigenvalue weighted by Gasteiger charge is -2.09. The fraction of sp³-hybridized carbons (Fsp3) is 0.722. The molecule has 0 radical (unpaired) electrons. The molecular weight excluding hydrogens is 1460 g/mol. The summed E-state index contributed by atoms with van der Waals surface area (Å²) in [4.78, 5) is 156. The summed E-state index contributed by atoms with van der Waals surface area (Å²) in [6.45, 7) is 84.0. The third-order valence-corrected chi connectivity index (χ3v) is 14.9. The molecule has 0 aliphatic carbocycles. The van der Waals surface area contributed by atoms with E-state index in [0.717, 1.165) is 72.3 Å². The predicted molar refractivity (Wildman–Crippen MR) is 496 cm³/mol. The number of carboxylic acids is 1. The molecule has 116 heavy (non-hydrogen) atoms. The fourth-order valence-electron chi connectivity index (χ4n) is 6.50. The molecule has 4 unspecified atom stereocenters. The van der Waals surface area contributed by atoms with Crippen LogP contribution in [0, 0.1) is 76.9 Å². The third kappa shape index (κ3) is 163. The van der Waals surface area contributed by atoms with Crippen molar-refractivity contribution in [3.63, 3.8) is 0 Å². The molecule has 19 heteroatoms. The van der Waals surface area contributed by atoms with Gasteiger partial charge in [0.05, 0.1) is 12.1 Å². The highest BCUT2D eigenvalue weighted by molar-refractivity contribution is 5.94. The number of carboxylic acid groups (broad SMARTS) is 1. The lowest BCUT2D eigenvalue weighted by Crippen LogP contribution is -2.34.